The Morgan fingerprint density at radius 1 is 1.37 bits per heavy atom. The number of aryl methyl sites for hydroxylation is 1. The van der Waals surface area contributed by atoms with E-state index in [1.54, 1.807) is 11.3 Å². The monoisotopic (exact) mass is 276 g/mol. The molecule has 0 aliphatic heterocycles. The average Bonchev–Trinajstić information content (AvgIpc) is 2.83. The van der Waals surface area contributed by atoms with Crippen LogP contribution in [0, 0.1) is 6.92 Å². The molecule has 0 spiro atoms. The highest BCUT2D eigenvalue weighted by Gasteiger charge is 2.09. The van der Waals surface area contributed by atoms with E-state index in [1.807, 2.05) is 25.7 Å². The normalized spacial score (nSPS) is 12.4. The molecule has 1 unspecified atom stereocenters. The molecule has 0 aliphatic rings. The van der Waals surface area contributed by atoms with Crippen LogP contribution in [0.5, 0.6) is 0 Å². The number of hydrogen-bond donors (Lipinski definition) is 1. The first-order valence-electron chi connectivity index (χ1n) is 6.35. The molecule has 2 aromatic rings. The molecule has 5 heteroatoms. The van der Waals surface area contributed by atoms with Gasteiger partial charge in [-0.1, -0.05) is 6.07 Å². The Bertz CT molecular complexity index is 520. The number of hydrogen-bond acceptors (Lipinski definition) is 5. The molecule has 2 heterocycles. The third kappa shape index (κ3) is 3.30. The summed E-state index contributed by atoms with van der Waals surface area (Å²) in [6.07, 6.45) is 1.94. The summed E-state index contributed by atoms with van der Waals surface area (Å²) in [6, 6.07) is 4.52. The van der Waals surface area contributed by atoms with Crippen molar-refractivity contribution in [1.82, 2.24) is 15.3 Å². The van der Waals surface area contributed by atoms with Gasteiger partial charge in [-0.25, -0.2) is 9.97 Å². The van der Waals surface area contributed by atoms with E-state index >= 15 is 0 Å². The van der Waals surface area contributed by atoms with Crippen molar-refractivity contribution in [2.75, 3.05) is 19.0 Å². The van der Waals surface area contributed by atoms with Gasteiger partial charge in [-0.15, -0.1) is 11.3 Å². The number of aromatic nitrogens is 2. The van der Waals surface area contributed by atoms with Gasteiger partial charge in [-0.3, -0.25) is 0 Å². The molecule has 1 atom stereocenters. The van der Waals surface area contributed by atoms with Crippen LogP contribution in [-0.4, -0.2) is 24.1 Å². The summed E-state index contributed by atoms with van der Waals surface area (Å²) in [5, 5.41) is 3.21. The lowest BCUT2D eigenvalue weighted by atomic mass is 10.1. The van der Waals surface area contributed by atoms with E-state index in [2.05, 4.69) is 46.3 Å². The van der Waals surface area contributed by atoms with Crippen molar-refractivity contribution in [2.24, 2.45) is 0 Å². The van der Waals surface area contributed by atoms with Gasteiger partial charge < -0.3 is 10.2 Å². The maximum atomic E-state index is 4.53. The van der Waals surface area contributed by atoms with E-state index in [0.29, 0.717) is 6.04 Å². The summed E-state index contributed by atoms with van der Waals surface area (Å²) >= 11 is 1.69. The molecule has 0 aromatic carbocycles. The number of nitrogens with zero attached hydrogens (tertiary/aromatic N) is 3. The second-order valence-corrected chi connectivity index (χ2v) is 5.62. The molecule has 0 aliphatic carbocycles. The van der Waals surface area contributed by atoms with Crippen LogP contribution >= 0.6 is 11.3 Å². The Kier molecular flexibility index (Phi) is 4.50. The van der Waals surface area contributed by atoms with Crippen molar-refractivity contribution in [3.8, 4) is 0 Å². The molecule has 2 aromatic heterocycles. The molecular weight excluding hydrogens is 256 g/mol. The summed E-state index contributed by atoms with van der Waals surface area (Å²) in [6.45, 7) is 5.02. The van der Waals surface area contributed by atoms with Crippen LogP contribution in [-0.2, 0) is 6.54 Å². The number of anilines is 1. The molecule has 0 saturated heterocycles. The van der Waals surface area contributed by atoms with Crippen molar-refractivity contribution < 1.29 is 0 Å². The van der Waals surface area contributed by atoms with Gasteiger partial charge in [0.2, 0.25) is 0 Å². The first kappa shape index (κ1) is 14.0. The fraction of sp³-hybridized carbons (Fsp3) is 0.429. The fourth-order valence-electron chi connectivity index (χ4n) is 1.82. The van der Waals surface area contributed by atoms with Crippen LogP contribution in [0.25, 0.3) is 0 Å². The van der Waals surface area contributed by atoms with Crippen molar-refractivity contribution in [3.05, 3.63) is 40.0 Å². The minimum atomic E-state index is 0.329. The lowest BCUT2D eigenvalue weighted by molar-refractivity contribution is 0.649. The highest BCUT2D eigenvalue weighted by molar-refractivity contribution is 7.09. The molecule has 19 heavy (non-hydrogen) atoms. The van der Waals surface area contributed by atoms with Crippen LogP contribution in [0.1, 0.15) is 29.1 Å². The Balaban J connectivity index is 2.07. The zero-order valence-electron chi connectivity index (χ0n) is 11.8. The van der Waals surface area contributed by atoms with Gasteiger partial charge in [0.15, 0.2) is 0 Å². The van der Waals surface area contributed by atoms with Crippen molar-refractivity contribution in [3.63, 3.8) is 0 Å². The van der Waals surface area contributed by atoms with Crippen LogP contribution in [0.3, 0.4) is 0 Å². The minimum Gasteiger partial charge on any atom is -0.354 e. The van der Waals surface area contributed by atoms with Gasteiger partial charge in [-0.2, -0.15) is 0 Å². The maximum absolute atomic E-state index is 4.53. The van der Waals surface area contributed by atoms with Gasteiger partial charge in [0.25, 0.3) is 0 Å². The van der Waals surface area contributed by atoms with Gasteiger partial charge in [-0.05, 0) is 32.5 Å². The summed E-state index contributed by atoms with van der Waals surface area (Å²) in [5.41, 5.74) is 4.20. The lowest BCUT2D eigenvalue weighted by Gasteiger charge is -2.18. The molecule has 0 radical (unpaired) electrons. The van der Waals surface area contributed by atoms with Crippen LogP contribution in [0.15, 0.2) is 23.8 Å². The van der Waals surface area contributed by atoms with Crippen LogP contribution in [0.4, 0.5) is 5.82 Å². The SMILES string of the molecule is CNC(C)c1ccc(N(C)Cc2scnc2C)nc1. The maximum Gasteiger partial charge on any atom is 0.128 e. The highest BCUT2D eigenvalue weighted by atomic mass is 32.1. The molecule has 0 saturated carbocycles. The first-order chi connectivity index (χ1) is 9.11. The fourth-order valence-corrected chi connectivity index (χ4v) is 2.65. The molecular formula is C14H20N4S. The Labute approximate surface area is 118 Å². The van der Waals surface area contributed by atoms with E-state index < -0.39 is 0 Å². The van der Waals surface area contributed by atoms with Crippen molar-refractivity contribution >= 4 is 17.2 Å². The topological polar surface area (TPSA) is 41.0 Å². The van der Waals surface area contributed by atoms with Crippen molar-refractivity contribution in [1.29, 1.82) is 0 Å². The number of pyridine rings is 1. The summed E-state index contributed by atoms with van der Waals surface area (Å²) in [5.74, 6) is 0.986. The Morgan fingerprint density at radius 3 is 2.68 bits per heavy atom. The van der Waals surface area contributed by atoms with Crippen LogP contribution < -0.4 is 10.2 Å². The van der Waals surface area contributed by atoms with E-state index in [-0.39, 0.29) is 0 Å². The molecule has 0 fully saturated rings. The van der Waals surface area contributed by atoms with E-state index in [0.717, 1.165) is 18.1 Å². The van der Waals surface area contributed by atoms with Gasteiger partial charge in [0.1, 0.15) is 5.82 Å². The number of thiazole rings is 1. The molecule has 4 nitrogen and oxygen atoms in total. The van der Waals surface area contributed by atoms with E-state index in [9.17, 15) is 0 Å². The molecule has 1 N–H and O–H groups in total. The smallest absolute Gasteiger partial charge is 0.128 e. The predicted molar refractivity (Wildman–Crippen MR) is 80.7 cm³/mol. The van der Waals surface area contributed by atoms with Crippen molar-refractivity contribution in [2.45, 2.75) is 26.4 Å². The number of rotatable bonds is 5. The zero-order chi connectivity index (χ0) is 13.8. The zero-order valence-corrected chi connectivity index (χ0v) is 12.7. The second kappa shape index (κ2) is 6.12. The Hall–Kier alpha value is -1.46. The summed E-state index contributed by atoms with van der Waals surface area (Å²) < 4.78 is 0. The van der Waals surface area contributed by atoms with Crippen LogP contribution in [0.2, 0.25) is 0 Å². The standard InChI is InChI=1S/C14H20N4S/c1-10(15-3)12-5-6-14(16-7-12)18(4)8-13-11(2)17-9-19-13/h5-7,9-10,15H,8H2,1-4H3. The Morgan fingerprint density at radius 2 is 2.16 bits per heavy atom. The molecule has 0 bridgehead atoms. The van der Waals surface area contributed by atoms with Gasteiger partial charge in [0, 0.05) is 24.2 Å². The third-order valence-corrected chi connectivity index (χ3v) is 4.24. The van der Waals surface area contributed by atoms with E-state index in [4.69, 9.17) is 0 Å². The molecule has 102 valence electrons. The minimum absolute atomic E-state index is 0.329. The van der Waals surface area contributed by atoms with Gasteiger partial charge in [0.05, 0.1) is 17.7 Å². The molecule has 2 rings (SSSR count). The lowest BCUT2D eigenvalue weighted by Crippen LogP contribution is -2.18. The quantitative estimate of drug-likeness (QED) is 0.911. The predicted octanol–water partition coefficient (Wildman–Crippen LogP) is 2.76. The highest BCUT2D eigenvalue weighted by Crippen LogP contribution is 2.19. The number of nitrogens with one attached hydrogen (secondary N) is 1. The average molecular weight is 276 g/mol. The summed E-state index contributed by atoms with van der Waals surface area (Å²) in [7, 11) is 4.01. The second-order valence-electron chi connectivity index (χ2n) is 4.68. The largest absolute Gasteiger partial charge is 0.354 e. The summed E-state index contributed by atoms with van der Waals surface area (Å²) in [4.78, 5) is 12.2. The first-order valence-corrected chi connectivity index (χ1v) is 7.23. The van der Waals surface area contributed by atoms with Gasteiger partial charge >= 0.3 is 0 Å². The van der Waals surface area contributed by atoms with E-state index in [1.165, 1.54) is 10.4 Å². The molecule has 0 amide bonds. The third-order valence-electron chi connectivity index (χ3n) is 3.32.